The van der Waals surface area contributed by atoms with Crippen LogP contribution in [0, 0.1) is 23.0 Å². The lowest BCUT2D eigenvalue weighted by molar-refractivity contribution is -0.272. The molecule has 1 aromatic heterocycles. The van der Waals surface area contributed by atoms with E-state index in [2.05, 4.69) is 10.3 Å². The van der Waals surface area contributed by atoms with Crippen LogP contribution >= 0.6 is 0 Å². The number of aliphatic hydroxyl groups is 1. The van der Waals surface area contributed by atoms with Gasteiger partial charge in [-0.25, -0.2) is 4.39 Å². The zero-order valence-corrected chi connectivity index (χ0v) is 20.9. The van der Waals surface area contributed by atoms with E-state index in [1.807, 2.05) is 0 Å². The van der Waals surface area contributed by atoms with Crippen molar-refractivity contribution >= 4 is 17.5 Å². The van der Waals surface area contributed by atoms with Gasteiger partial charge in [0.15, 0.2) is 17.2 Å². The maximum absolute atomic E-state index is 15.1. The normalized spacial score (nSPS) is 26.1. The molecule has 212 valence electrons. The third-order valence-electron chi connectivity index (χ3n) is 7.32. The van der Waals surface area contributed by atoms with Crippen LogP contribution in [0.2, 0.25) is 0 Å². The van der Waals surface area contributed by atoms with Gasteiger partial charge in [-0.15, -0.1) is 0 Å². The first-order valence-electron chi connectivity index (χ1n) is 11.8. The van der Waals surface area contributed by atoms with Crippen LogP contribution in [-0.4, -0.2) is 66.2 Å². The minimum Gasteiger partial charge on any atom is -0.489 e. The summed E-state index contributed by atoms with van der Waals surface area (Å²) in [5.41, 5.74) is 1.00. The molecule has 9 nitrogen and oxygen atoms in total. The number of nitrogens with two attached hydrogens (primary N) is 1. The number of anilines is 1. The first-order valence-corrected chi connectivity index (χ1v) is 11.8. The van der Waals surface area contributed by atoms with E-state index in [0.717, 1.165) is 31.3 Å². The number of primary amides is 1. The molecule has 0 unspecified atom stereocenters. The number of rotatable bonds is 8. The van der Waals surface area contributed by atoms with Crippen LogP contribution in [0.15, 0.2) is 30.5 Å². The first kappa shape index (κ1) is 28.6. The Morgan fingerprint density at radius 1 is 1.26 bits per heavy atom. The molecule has 0 aliphatic carbocycles. The minimum atomic E-state index is -4.95. The van der Waals surface area contributed by atoms with Crippen LogP contribution in [0.1, 0.15) is 35.8 Å². The number of hydrogen-bond acceptors (Lipinski definition) is 7. The van der Waals surface area contributed by atoms with Gasteiger partial charge < -0.3 is 30.4 Å². The second kappa shape index (κ2) is 10.3. The summed E-state index contributed by atoms with van der Waals surface area (Å²) in [6, 6.07) is 4.17. The van der Waals surface area contributed by atoms with Gasteiger partial charge in [0.25, 0.3) is 11.8 Å². The van der Waals surface area contributed by atoms with E-state index in [1.54, 1.807) is 0 Å². The fourth-order valence-corrected chi connectivity index (χ4v) is 4.67. The number of nitrogens with one attached hydrogen (secondary N) is 1. The van der Waals surface area contributed by atoms with Crippen LogP contribution in [0.3, 0.4) is 0 Å². The van der Waals surface area contributed by atoms with E-state index in [0.29, 0.717) is 0 Å². The van der Waals surface area contributed by atoms with Gasteiger partial charge in [0.1, 0.15) is 18.4 Å². The second-order valence-electron chi connectivity index (χ2n) is 9.96. The van der Waals surface area contributed by atoms with Gasteiger partial charge >= 0.3 is 6.18 Å². The Morgan fingerprint density at radius 3 is 2.51 bits per heavy atom. The summed E-state index contributed by atoms with van der Waals surface area (Å²) in [7, 11) is 0. The summed E-state index contributed by atoms with van der Waals surface area (Å²) >= 11 is 0. The molecule has 2 aliphatic rings. The number of amides is 2. The van der Waals surface area contributed by atoms with Crippen molar-refractivity contribution in [2.45, 2.75) is 37.6 Å². The number of halogens is 5. The average Bonchev–Trinajstić information content (AvgIpc) is 3.13. The summed E-state index contributed by atoms with van der Waals surface area (Å²) in [6.45, 7) is 1.40. The number of benzene rings is 1. The van der Waals surface area contributed by atoms with Gasteiger partial charge in [0, 0.05) is 29.3 Å². The maximum atomic E-state index is 15.1. The van der Waals surface area contributed by atoms with Crippen molar-refractivity contribution in [3.05, 3.63) is 53.4 Å². The minimum absolute atomic E-state index is 0.00366. The standard InChI is InChI=1S/C25H26F5N3O6/c1-12-17(14-3-4-15(26)18(27)19(14)38-11-24(8-34)9-37-10-24)20(39-23(12,2)25(28,29)30)22(36)33-13-5-6-32-16(7-13)21(31)35/h3-7,12,17,20,34H,8-11H2,1-2H3,(H2,31,35)(H,32,33,36)/t12-,17-,20+,23+/m0/s1. The predicted octanol–water partition coefficient (Wildman–Crippen LogP) is 2.92. The number of ether oxygens (including phenoxy) is 3. The number of alkyl halides is 3. The molecule has 2 amide bonds. The monoisotopic (exact) mass is 559 g/mol. The topological polar surface area (TPSA) is 133 Å². The number of aliphatic hydroxyl groups excluding tert-OH is 1. The number of hydrogen-bond donors (Lipinski definition) is 3. The van der Waals surface area contributed by atoms with Crippen LogP contribution in [0.4, 0.5) is 27.6 Å². The zero-order valence-electron chi connectivity index (χ0n) is 20.9. The van der Waals surface area contributed by atoms with E-state index in [9.17, 15) is 32.3 Å². The summed E-state index contributed by atoms with van der Waals surface area (Å²) in [6.07, 6.45) is -5.63. The third kappa shape index (κ3) is 5.15. The summed E-state index contributed by atoms with van der Waals surface area (Å²) in [5.74, 6) is -8.36. The molecule has 0 spiro atoms. The van der Waals surface area contributed by atoms with Gasteiger partial charge in [-0.2, -0.15) is 17.6 Å². The molecule has 39 heavy (non-hydrogen) atoms. The number of nitrogens with zero attached hydrogens (tertiary/aromatic N) is 1. The highest BCUT2D eigenvalue weighted by atomic mass is 19.4. The molecule has 2 aromatic rings. The summed E-state index contributed by atoms with van der Waals surface area (Å²) in [5, 5.41) is 12.0. The molecular formula is C25H26F5N3O6. The molecule has 14 heteroatoms. The molecule has 1 aromatic carbocycles. The van der Waals surface area contributed by atoms with Crippen LogP contribution < -0.4 is 15.8 Å². The largest absolute Gasteiger partial charge is 0.489 e. The molecule has 0 radical (unpaired) electrons. The number of aromatic nitrogens is 1. The van der Waals surface area contributed by atoms with Crippen molar-refractivity contribution < 1.29 is 50.9 Å². The van der Waals surface area contributed by atoms with Crippen molar-refractivity contribution in [2.24, 2.45) is 17.1 Å². The Labute approximate surface area is 219 Å². The highest BCUT2D eigenvalue weighted by Crippen LogP contribution is 2.55. The third-order valence-corrected chi connectivity index (χ3v) is 7.32. The lowest BCUT2D eigenvalue weighted by Gasteiger charge is -2.39. The van der Waals surface area contributed by atoms with Crippen molar-refractivity contribution in [3.8, 4) is 5.75 Å². The smallest absolute Gasteiger partial charge is 0.417 e. The molecular weight excluding hydrogens is 533 g/mol. The fraction of sp³-hybridized carbons (Fsp3) is 0.480. The molecule has 2 fully saturated rings. The van der Waals surface area contributed by atoms with Crippen LogP contribution in [0.5, 0.6) is 5.75 Å². The molecule has 4 atom stereocenters. The van der Waals surface area contributed by atoms with Gasteiger partial charge in [-0.05, 0) is 25.1 Å². The summed E-state index contributed by atoms with van der Waals surface area (Å²) in [4.78, 5) is 28.5. The van der Waals surface area contributed by atoms with E-state index < -0.39 is 70.9 Å². The van der Waals surface area contributed by atoms with Crippen molar-refractivity contribution in [3.63, 3.8) is 0 Å². The molecule has 3 heterocycles. The molecule has 2 saturated heterocycles. The van der Waals surface area contributed by atoms with Crippen molar-refractivity contribution in [1.82, 2.24) is 4.98 Å². The average molecular weight is 559 g/mol. The lowest BCUT2D eigenvalue weighted by atomic mass is 9.76. The van der Waals surface area contributed by atoms with Gasteiger partial charge in [0.2, 0.25) is 5.82 Å². The Hall–Kier alpha value is -3.36. The Balaban J connectivity index is 1.75. The highest BCUT2D eigenvalue weighted by Gasteiger charge is 2.66. The first-order chi connectivity index (χ1) is 18.2. The van der Waals surface area contributed by atoms with E-state index in [-0.39, 0.29) is 36.8 Å². The highest BCUT2D eigenvalue weighted by molar-refractivity contribution is 5.97. The quantitative estimate of drug-likeness (QED) is 0.424. The molecule has 4 N–H and O–H groups in total. The predicted molar refractivity (Wildman–Crippen MR) is 125 cm³/mol. The number of pyridine rings is 1. The van der Waals surface area contributed by atoms with E-state index in [4.69, 9.17) is 19.9 Å². The van der Waals surface area contributed by atoms with Crippen LogP contribution in [0.25, 0.3) is 0 Å². The lowest BCUT2D eigenvalue weighted by Crippen LogP contribution is -2.50. The molecule has 2 aliphatic heterocycles. The molecule has 0 saturated carbocycles. The SMILES string of the molecule is C[C@H]1[C@@H](c2ccc(F)c(F)c2OCC2(CO)COC2)[C@H](C(=O)Nc2ccnc(C(N)=O)c2)O[C@@]1(C)C(F)(F)F. The zero-order chi connectivity index (χ0) is 28.8. The number of carbonyl (C=O) groups excluding carboxylic acids is 2. The molecule has 4 rings (SSSR count). The second-order valence-corrected chi connectivity index (χ2v) is 9.96. The summed E-state index contributed by atoms with van der Waals surface area (Å²) < 4.78 is 88.0. The van der Waals surface area contributed by atoms with Crippen molar-refractivity contribution in [1.29, 1.82) is 0 Å². The van der Waals surface area contributed by atoms with Gasteiger partial charge in [-0.1, -0.05) is 13.0 Å². The molecule has 0 bridgehead atoms. The fourth-order valence-electron chi connectivity index (χ4n) is 4.67. The maximum Gasteiger partial charge on any atom is 0.417 e. The number of carbonyl (C=O) groups is 2. The Bertz CT molecular complexity index is 1270. The van der Waals surface area contributed by atoms with Crippen molar-refractivity contribution in [2.75, 3.05) is 31.7 Å². The van der Waals surface area contributed by atoms with Gasteiger partial charge in [-0.3, -0.25) is 14.6 Å². The van der Waals surface area contributed by atoms with E-state index in [1.165, 1.54) is 13.0 Å². The van der Waals surface area contributed by atoms with Crippen LogP contribution in [-0.2, 0) is 14.3 Å². The Kier molecular flexibility index (Phi) is 7.58. The Morgan fingerprint density at radius 2 is 1.95 bits per heavy atom. The van der Waals surface area contributed by atoms with Gasteiger partial charge in [0.05, 0.1) is 25.2 Å². The van der Waals surface area contributed by atoms with E-state index >= 15 is 4.39 Å².